The number of aromatic nitrogens is 2. The molecule has 2 aliphatic rings. The number of likely N-dealkylation sites (tertiary alicyclic amines) is 1. The summed E-state index contributed by atoms with van der Waals surface area (Å²) >= 11 is 0. The van der Waals surface area contributed by atoms with Crippen LogP contribution >= 0.6 is 12.4 Å². The molecule has 2 aromatic rings. The number of rotatable bonds is 3. The van der Waals surface area contributed by atoms with E-state index in [-0.39, 0.29) is 36.1 Å². The van der Waals surface area contributed by atoms with Gasteiger partial charge in [0.05, 0.1) is 12.0 Å². The Bertz CT molecular complexity index is 763. The molecule has 1 amide bonds. The molecule has 2 atom stereocenters. The Balaban J connectivity index is 0.00000196. The van der Waals surface area contributed by atoms with Gasteiger partial charge in [-0.15, -0.1) is 12.4 Å². The molecule has 0 radical (unpaired) electrons. The maximum Gasteiger partial charge on any atom is 0.239 e. The van der Waals surface area contributed by atoms with Gasteiger partial charge in [0.15, 0.2) is 0 Å². The number of piperidine rings is 1. The van der Waals surface area contributed by atoms with Crippen LogP contribution < -0.4 is 5.32 Å². The molecule has 140 valence electrons. The van der Waals surface area contributed by atoms with E-state index in [0.29, 0.717) is 23.8 Å². The third-order valence-electron chi connectivity index (χ3n) is 4.97. The standard InChI is InChI=1S/C18H21FN4O2.ClH/c19-14-6-1-4-12(10-14)16-21-17(25-22-16)13-5-3-9-23(11-13)18(24)15-7-2-8-20-15;/h1,4,6,10,13,15,20H,2-3,5,7-9,11H2;1H. The molecule has 1 aromatic heterocycles. The number of hydrogen-bond donors (Lipinski definition) is 1. The first kappa shape index (κ1) is 18.8. The largest absolute Gasteiger partial charge is 0.341 e. The average Bonchev–Trinajstić information content (AvgIpc) is 3.33. The summed E-state index contributed by atoms with van der Waals surface area (Å²) in [6.07, 6.45) is 3.78. The van der Waals surface area contributed by atoms with Crippen LogP contribution in [-0.2, 0) is 4.79 Å². The Hall–Kier alpha value is -1.99. The van der Waals surface area contributed by atoms with Crippen LogP contribution in [0.2, 0.25) is 0 Å². The lowest BCUT2D eigenvalue weighted by Gasteiger charge is -2.32. The maximum atomic E-state index is 13.4. The van der Waals surface area contributed by atoms with Gasteiger partial charge < -0.3 is 14.7 Å². The van der Waals surface area contributed by atoms with Crippen molar-refractivity contribution in [1.29, 1.82) is 0 Å². The van der Waals surface area contributed by atoms with Crippen molar-refractivity contribution in [2.45, 2.75) is 37.6 Å². The molecule has 4 rings (SSSR count). The topological polar surface area (TPSA) is 71.3 Å². The smallest absolute Gasteiger partial charge is 0.239 e. The predicted octanol–water partition coefficient (Wildman–Crippen LogP) is 2.76. The fourth-order valence-corrected chi connectivity index (χ4v) is 3.64. The first-order chi connectivity index (χ1) is 12.2. The van der Waals surface area contributed by atoms with Crippen LogP contribution in [0.3, 0.4) is 0 Å². The van der Waals surface area contributed by atoms with Gasteiger partial charge in [0.2, 0.25) is 17.6 Å². The highest BCUT2D eigenvalue weighted by atomic mass is 35.5. The van der Waals surface area contributed by atoms with Crippen molar-refractivity contribution in [3.05, 3.63) is 36.0 Å². The monoisotopic (exact) mass is 380 g/mol. The van der Waals surface area contributed by atoms with Crippen molar-refractivity contribution in [2.75, 3.05) is 19.6 Å². The Morgan fingerprint density at radius 2 is 2.19 bits per heavy atom. The lowest BCUT2D eigenvalue weighted by Crippen LogP contribution is -2.47. The van der Waals surface area contributed by atoms with Crippen molar-refractivity contribution in [3.63, 3.8) is 0 Å². The number of carbonyl (C=O) groups is 1. The SMILES string of the molecule is Cl.O=C(C1CCCN1)N1CCCC(c2nc(-c3cccc(F)c3)no2)C1. The minimum atomic E-state index is -0.331. The third-order valence-corrected chi connectivity index (χ3v) is 4.97. The maximum absolute atomic E-state index is 13.4. The van der Waals surface area contributed by atoms with E-state index in [0.717, 1.165) is 38.8 Å². The van der Waals surface area contributed by atoms with Crippen LogP contribution in [0.4, 0.5) is 4.39 Å². The Morgan fingerprint density at radius 3 is 2.96 bits per heavy atom. The van der Waals surface area contributed by atoms with Gasteiger partial charge in [-0.3, -0.25) is 4.79 Å². The number of hydrogen-bond acceptors (Lipinski definition) is 5. The Morgan fingerprint density at radius 1 is 1.31 bits per heavy atom. The molecule has 1 aromatic carbocycles. The average molecular weight is 381 g/mol. The number of amides is 1. The summed E-state index contributed by atoms with van der Waals surface area (Å²) in [6, 6.07) is 6.09. The molecule has 0 bridgehead atoms. The van der Waals surface area contributed by atoms with Crippen LogP contribution in [-0.4, -0.2) is 46.6 Å². The molecule has 2 saturated heterocycles. The van der Waals surface area contributed by atoms with Crippen LogP contribution in [0, 0.1) is 5.82 Å². The number of benzene rings is 1. The lowest BCUT2D eigenvalue weighted by molar-refractivity contribution is -0.134. The molecule has 1 N–H and O–H groups in total. The molecule has 2 aliphatic heterocycles. The molecule has 3 heterocycles. The molecule has 6 nitrogen and oxygen atoms in total. The number of halogens is 2. The lowest BCUT2D eigenvalue weighted by atomic mass is 9.97. The molecular weight excluding hydrogens is 359 g/mol. The van der Waals surface area contributed by atoms with Crippen molar-refractivity contribution in [3.8, 4) is 11.4 Å². The van der Waals surface area contributed by atoms with Gasteiger partial charge in [-0.2, -0.15) is 4.98 Å². The van der Waals surface area contributed by atoms with E-state index in [1.165, 1.54) is 12.1 Å². The van der Waals surface area contributed by atoms with Crippen molar-refractivity contribution < 1.29 is 13.7 Å². The highest BCUT2D eigenvalue weighted by Crippen LogP contribution is 2.28. The van der Waals surface area contributed by atoms with Crippen LogP contribution in [0.1, 0.15) is 37.5 Å². The van der Waals surface area contributed by atoms with E-state index in [1.807, 2.05) is 4.90 Å². The van der Waals surface area contributed by atoms with Crippen LogP contribution in [0.25, 0.3) is 11.4 Å². The van der Waals surface area contributed by atoms with Gasteiger partial charge in [-0.25, -0.2) is 4.39 Å². The first-order valence-electron chi connectivity index (χ1n) is 8.82. The summed E-state index contributed by atoms with van der Waals surface area (Å²) < 4.78 is 18.8. The highest BCUT2D eigenvalue weighted by molar-refractivity contribution is 5.85. The molecular formula is C18H22ClFN4O2. The number of nitrogens with one attached hydrogen (secondary N) is 1. The van der Waals surface area contributed by atoms with E-state index in [4.69, 9.17) is 4.52 Å². The van der Waals surface area contributed by atoms with E-state index in [1.54, 1.807) is 12.1 Å². The zero-order valence-electron chi connectivity index (χ0n) is 14.4. The minimum Gasteiger partial charge on any atom is -0.341 e. The third kappa shape index (κ3) is 3.88. The van der Waals surface area contributed by atoms with E-state index in [2.05, 4.69) is 15.5 Å². The van der Waals surface area contributed by atoms with Crippen molar-refractivity contribution in [2.24, 2.45) is 0 Å². The molecule has 0 spiro atoms. The van der Waals surface area contributed by atoms with Gasteiger partial charge >= 0.3 is 0 Å². The second-order valence-corrected chi connectivity index (χ2v) is 6.74. The quantitative estimate of drug-likeness (QED) is 0.886. The number of carbonyl (C=O) groups excluding carboxylic acids is 1. The van der Waals surface area contributed by atoms with Gasteiger partial charge in [-0.05, 0) is 44.4 Å². The Kier molecular flexibility index (Phi) is 5.88. The molecule has 2 fully saturated rings. The second-order valence-electron chi connectivity index (χ2n) is 6.74. The summed E-state index contributed by atoms with van der Waals surface area (Å²) in [5.41, 5.74) is 0.592. The fraction of sp³-hybridized carbons (Fsp3) is 0.500. The summed E-state index contributed by atoms with van der Waals surface area (Å²) in [5.74, 6) is 0.787. The molecule has 26 heavy (non-hydrogen) atoms. The zero-order valence-corrected chi connectivity index (χ0v) is 15.2. The van der Waals surface area contributed by atoms with Gasteiger partial charge in [0.25, 0.3) is 0 Å². The first-order valence-corrected chi connectivity index (χ1v) is 8.82. The van der Waals surface area contributed by atoms with Gasteiger partial charge in [0, 0.05) is 18.7 Å². The van der Waals surface area contributed by atoms with Crippen LogP contribution in [0.15, 0.2) is 28.8 Å². The van der Waals surface area contributed by atoms with E-state index >= 15 is 0 Å². The Labute approximate surface area is 157 Å². The summed E-state index contributed by atoms with van der Waals surface area (Å²) in [7, 11) is 0. The molecule has 0 saturated carbocycles. The normalized spacial score (nSPS) is 22.9. The fourth-order valence-electron chi connectivity index (χ4n) is 3.64. The summed E-state index contributed by atoms with van der Waals surface area (Å²) in [5, 5.41) is 7.24. The van der Waals surface area contributed by atoms with Crippen molar-refractivity contribution in [1.82, 2.24) is 20.4 Å². The second kappa shape index (κ2) is 8.14. The highest BCUT2D eigenvalue weighted by Gasteiger charge is 2.32. The van der Waals surface area contributed by atoms with Crippen LogP contribution in [0.5, 0.6) is 0 Å². The predicted molar refractivity (Wildman–Crippen MR) is 96.5 cm³/mol. The molecule has 2 unspecified atom stereocenters. The summed E-state index contributed by atoms with van der Waals surface area (Å²) in [6.45, 7) is 2.29. The zero-order chi connectivity index (χ0) is 17.2. The summed E-state index contributed by atoms with van der Waals surface area (Å²) in [4.78, 5) is 18.9. The molecule has 8 heteroatoms. The minimum absolute atomic E-state index is 0. The van der Waals surface area contributed by atoms with Gasteiger partial charge in [0.1, 0.15) is 5.82 Å². The van der Waals surface area contributed by atoms with Gasteiger partial charge in [-0.1, -0.05) is 17.3 Å². The molecule has 0 aliphatic carbocycles. The van der Waals surface area contributed by atoms with E-state index in [9.17, 15) is 9.18 Å². The number of nitrogens with zero attached hydrogens (tertiary/aromatic N) is 3. The van der Waals surface area contributed by atoms with Crippen molar-refractivity contribution >= 4 is 18.3 Å². The van der Waals surface area contributed by atoms with E-state index < -0.39 is 0 Å².